The molecule has 9 heteroatoms. The van der Waals surface area contributed by atoms with Crippen molar-refractivity contribution in [2.45, 2.75) is 111 Å². The standard InChI is InChI=1S/C33H43ClN2O4S.C5H12O.C2H6/c1-5-7-23-16-27(34)12-14-28(23)26-19-36-18-25-10-13-29(25)31(39-4)9-6-8-21(2)22(3)41(38)35-33(37)24-11-15-32(40-20-26)30(36)17-24;1-4(2)5(3)6;1-2/h6,9,11-12,14-17,21-22,25-26,29,31H,5,7-8,10,13,18-20H2,1-4H3,(H,35,37);4-6H,1-3H3;1-2H3/b9-6+;;. The first-order valence-corrected chi connectivity index (χ1v) is 19.9. The summed E-state index contributed by atoms with van der Waals surface area (Å²) < 4.78 is 28.3. The lowest BCUT2D eigenvalue weighted by Crippen LogP contribution is -2.44. The summed E-state index contributed by atoms with van der Waals surface area (Å²) in [6.45, 7) is 18.2. The third-order valence-electron chi connectivity index (χ3n) is 10.3. The molecule has 5 rings (SSSR count). The Bertz CT molecular complexity index is 1390. The Hall–Kier alpha value is -2.39. The van der Waals surface area contributed by atoms with Crippen LogP contribution >= 0.6 is 11.6 Å². The molecular formula is C40H61ClN2O5S. The molecule has 274 valence electrons. The molecule has 1 saturated carbocycles. The number of benzene rings is 2. The lowest BCUT2D eigenvalue weighted by molar-refractivity contribution is 0.0134. The van der Waals surface area contributed by atoms with Gasteiger partial charge in [0.2, 0.25) is 0 Å². The molecule has 7 nitrogen and oxygen atoms in total. The highest BCUT2D eigenvalue weighted by Gasteiger charge is 2.39. The number of allylic oxidation sites excluding steroid dienone is 1. The Morgan fingerprint density at radius 3 is 2.43 bits per heavy atom. The predicted molar refractivity (Wildman–Crippen MR) is 205 cm³/mol. The average molecular weight is 717 g/mol. The van der Waals surface area contributed by atoms with Crippen LogP contribution in [0.5, 0.6) is 5.75 Å². The number of hydrogen-bond donors (Lipinski definition) is 2. The SMILES string of the molecule is CC.CC(C)C(C)O.CCCc1cc(Cl)ccc1C1COc2ccc3cc2N(C1)CC1CCC1C(OC)/C=C/CC(C)C(C)S(=O)NC3=O. The number of amides is 1. The summed E-state index contributed by atoms with van der Waals surface area (Å²) in [5, 5.41) is 9.20. The Morgan fingerprint density at radius 1 is 1.10 bits per heavy atom. The molecular weight excluding hydrogens is 656 g/mol. The van der Waals surface area contributed by atoms with E-state index in [4.69, 9.17) is 26.2 Å². The number of halogens is 1. The van der Waals surface area contributed by atoms with E-state index in [1.165, 1.54) is 11.1 Å². The summed E-state index contributed by atoms with van der Waals surface area (Å²) in [5.41, 5.74) is 3.95. The number of nitrogens with one attached hydrogen (secondary N) is 1. The lowest BCUT2D eigenvalue weighted by atomic mass is 9.70. The number of methoxy groups -OCH3 is 1. The number of anilines is 1. The Kier molecular flexibility index (Phi) is 16.6. The molecule has 8 unspecified atom stereocenters. The van der Waals surface area contributed by atoms with Crippen LogP contribution in [0.25, 0.3) is 0 Å². The third-order valence-corrected chi connectivity index (χ3v) is 12.0. The maximum absolute atomic E-state index is 13.3. The summed E-state index contributed by atoms with van der Waals surface area (Å²) in [7, 11) is 0.296. The second-order valence-corrected chi connectivity index (χ2v) is 15.9. The summed E-state index contributed by atoms with van der Waals surface area (Å²) in [4.78, 5) is 15.7. The smallest absolute Gasteiger partial charge is 0.263 e. The normalized spacial score (nSPS) is 28.1. The zero-order valence-electron chi connectivity index (χ0n) is 31.2. The fourth-order valence-electron chi connectivity index (χ4n) is 6.46. The van der Waals surface area contributed by atoms with Gasteiger partial charge in [-0.2, -0.15) is 0 Å². The van der Waals surface area contributed by atoms with Crippen molar-refractivity contribution >= 4 is 34.2 Å². The van der Waals surface area contributed by atoms with Crippen molar-refractivity contribution in [3.8, 4) is 5.75 Å². The van der Waals surface area contributed by atoms with Crippen LogP contribution in [-0.4, -0.2) is 59.5 Å². The minimum absolute atomic E-state index is 0.0478. The number of fused-ring (bicyclic) bond motifs is 2. The minimum Gasteiger partial charge on any atom is -0.491 e. The van der Waals surface area contributed by atoms with Gasteiger partial charge in [0.1, 0.15) is 16.7 Å². The van der Waals surface area contributed by atoms with Crippen molar-refractivity contribution in [2.75, 3.05) is 31.7 Å². The lowest BCUT2D eigenvalue weighted by Gasteiger charge is -2.43. The number of hydrogen-bond acceptors (Lipinski definition) is 6. The zero-order chi connectivity index (χ0) is 36.2. The van der Waals surface area contributed by atoms with Crippen molar-refractivity contribution < 1.29 is 23.6 Å². The number of nitrogens with zero attached hydrogens (tertiary/aromatic N) is 1. The van der Waals surface area contributed by atoms with E-state index in [0.29, 0.717) is 29.9 Å². The van der Waals surface area contributed by atoms with Gasteiger partial charge in [-0.05, 0) is 105 Å². The number of aryl methyl sites for hydroxylation is 1. The van der Waals surface area contributed by atoms with Crippen LogP contribution in [0.3, 0.4) is 0 Å². The molecule has 8 atom stereocenters. The van der Waals surface area contributed by atoms with Crippen LogP contribution in [0.4, 0.5) is 5.69 Å². The van der Waals surface area contributed by atoms with Crippen LogP contribution in [-0.2, 0) is 22.1 Å². The summed E-state index contributed by atoms with van der Waals surface area (Å²) in [6, 6.07) is 11.8. The van der Waals surface area contributed by atoms with E-state index in [2.05, 4.69) is 47.8 Å². The van der Waals surface area contributed by atoms with Crippen molar-refractivity contribution in [1.82, 2.24) is 4.72 Å². The summed E-state index contributed by atoms with van der Waals surface area (Å²) in [6.07, 6.45) is 9.32. The van der Waals surface area contributed by atoms with Gasteiger partial charge in [-0.25, -0.2) is 4.21 Å². The van der Waals surface area contributed by atoms with Crippen LogP contribution in [0.1, 0.15) is 108 Å². The highest BCUT2D eigenvalue weighted by molar-refractivity contribution is 7.84. The number of rotatable bonds is 5. The topological polar surface area (TPSA) is 88.1 Å². The van der Waals surface area contributed by atoms with Gasteiger partial charge in [-0.3, -0.25) is 9.52 Å². The second kappa shape index (κ2) is 19.9. The van der Waals surface area contributed by atoms with Crippen LogP contribution in [0.15, 0.2) is 48.6 Å². The summed E-state index contributed by atoms with van der Waals surface area (Å²) in [5.74, 6) is 2.05. The molecule has 0 radical (unpaired) electrons. The van der Waals surface area contributed by atoms with E-state index >= 15 is 0 Å². The Balaban J connectivity index is 0.000000735. The van der Waals surface area contributed by atoms with Gasteiger partial charge < -0.3 is 19.5 Å². The molecule has 49 heavy (non-hydrogen) atoms. The first-order chi connectivity index (χ1) is 23.4. The number of ether oxygens (including phenoxy) is 2. The molecule has 2 heterocycles. The number of aliphatic hydroxyl groups excluding tert-OH is 1. The second-order valence-electron chi connectivity index (χ2n) is 13.9. The Morgan fingerprint density at radius 2 is 1.82 bits per heavy atom. The Labute approximate surface area is 303 Å². The molecule has 0 aromatic heterocycles. The molecule has 2 N–H and O–H groups in total. The van der Waals surface area contributed by atoms with Gasteiger partial charge in [0.15, 0.2) is 0 Å². The van der Waals surface area contributed by atoms with E-state index in [9.17, 15) is 9.00 Å². The molecule has 0 saturated heterocycles. The number of carbonyl (C=O) groups excluding carboxylic acids is 1. The first kappa shape index (κ1) is 41.0. The van der Waals surface area contributed by atoms with Gasteiger partial charge in [0, 0.05) is 36.7 Å². The number of carbonyl (C=O) groups is 1. The molecule has 2 aliphatic heterocycles. The van der Waals surface area contributed by atoms with E-state index in [1.54, 1.807) is 20.1 Å². The maximum Gasteiger partial charge on any atom is 0.263 e. The highest BCUT2D eigenvalue weighted by atomic mass is 35.5. The van der Waals surface area contributed by atoms with E-state index < -0.39 is 11.0 Å². The van der Waals surface area contributed by atoms with Crippen molar-refractivity contribution in [1.29, 1.82) is 0 Å². The predicted octanol–water partition coefficient (Wildman–Crippen LogP) is 8.74. The minimum atomic E-state index is -1.50. The highest BCUT2D eigenvalue weighted by Crippen LogP contribution is 2.43. The van der Waals surface area contributed by atoms with E-state index in [-0.39, 0.29) is 35.2 Å². The summed E-state index contributed by atoms with van der Waals surface area (Å²) >= 11 is 6.40. The van der Waals surface area contributed by atoms with Crippen LogP contribution in [0.2, 0.25) is 5.02 Å². The fraction of sp³-hybridized carbons (Fsp3) is 0.625. The maximum atomic E-state index is 13.3. The largest absolute Gasteiger partial charge is 0.491 e. The van der Waals surface area contributed by atoms with Gasteiger partial charge in [-0.15, -0.1) is 0 Å². The number of aliphatic hydroxyl groups is 1. The molecule has 2 bridgehead atoms. The zero-order valence-corrected chi connectivity index (χ0v) is 32.8. The third kappa shape index (κ3) is 11.0. The van der Waals surface area contributed by atoms with Crippen LogP contribution in [0, 0.1) is 23.7 Å². The van der Waals surface area contributed by atoms with Crippen molar-refractivity contribution in [2.24, 2.45) is 23.7 Å². The molecule has 2 aromatic rings. The quantitative estimate of drug-likeness (QED) is 0.301. The first-order valence-electron chi connectivity index (χ1n) is 18.3. The molecule has 1 aliphatic carbocycles. The molecule has 0 spiro atoms. The molecule has 3 aliphatic rings. The van der Waals surface area contributed by atoms with Crippen LogP contribution < -0.4 is 14.4 Å². The van der Waals surface area contributed by atoms with Gasteiger partial charge >= 0.3 is 0 Å². The molecule has 1 amide bonds. The van der Waals surface area contributed by atoms with Gasteiger partial charge in [0.25, 0.3) is 5.91 Å². The van der Waals surface area contributed by atoms with Crippen molar-refractivity contribution in [3.05, 3.63) is 70.3 Å². The fourth-order valence-corrected chi connectivity index (χ4v) is 7.68. The average Bonchev–Trinajstić information content (AvgIpc) is 3.25. The van der Waals surface area contributed by atoms with Crippen molar-refractivity contribution in [3.63, 3.8) is 0 Å². The van der Waals surface area contributed by atoms with E-state index in [0.717, 1.165) is 61.7 Å². The van der Waals surface area contributed by atoms with E-state index in [1.807, 2.05) is 52.8 Å². The molecule has 1 fully saturated rings. The molecule has 2 aromatic carbocycles. The van der Waals surface area contributed by atoms with Gasteiger partial charge in [0.05, 0.1) is 29.8 Å². The monoisotopic (exact) mass is 716 g/mol. The van der Waals surface area contributed by atoms with Gasteiger partial charge in [-0.1, -0.05) is 77.8 Å².